The van der Waals surface area contributed by atoms with E-state index in [1.807, 2.05) is 0 Å². The van der Waals surface area contributed by atoms with E-state index in [1.54, 1.807) is 0 Å². The Labute approximate surface area is 169 Å². The van der Waals surface area contributed by atoms with E-state index in [-0.39, 0.29) is 24.5 Å². The molecule has 2 aromatic carbocycles. The first kappa shape index (κ1) is 21.8. The van der Waals surface area contributed by atoms with Crippen LogP contribution in [0.25, 0.3) is 0 Å². The number of piperazine rings is 1. The third kappa shape index (κ3) is 4.98. The van der Waals surface area contributed by atoms with Crippen molar-refractivity contribution in [3.05, 3.63) is 60.2 Å². The van der Waals surface area contributed by atoms with Gasteiger partial charge in [-0.2, -0.15) is 4.31 Å². The lowest BCUT2D eigenvalue weighted by Gasteiger charge is -2.31. The van der Waals surface area contributed by atoms with Gasteiger partial charge in [0.15, 0.2) is 0 Å². The number of hydrogen-bond donors (Lipinski definition) is 2. The summed E-state index contributed by atoms with van der Waals surface area (Å²) in [7, 11) is -7.86. The van der Waals surface area contributed by atoms with Crippen molar-refractivity contribution in [3.8, 4) is 0 Å². The van der Waals surface area contributed by atoms with E-state index >= 15 is 0 Å². The van der Waals surface area contributed by atoms with Crippen molar-refractivity contribution < 1.29 is 30.5 Å². The number of benzene rings is 2. The summed E-state index contributed by atoms with van der Waals surface area (Å²) < 4.78 is 80.7. The van der Waals surface area contributed by atoms with Crippen LogP contribution >= 0.6 is 0 Å². The van der Waals surface area contributed by atoms with Gasteiger partial charge in [0.1, 0.15) is 21.4 Å². The highest BCUT2D eigenvalue weighted by Gasteiger charge is 2.32. The third-order valence-electron chi connectivity index (χ3n) is 4.78. The Morgan fingerprint density at radius 1 is 0.862 bits per heavy atom. The minimum absolute atomic E-state index is 0.0893. The average Bonchev–Trinajstić information content (AvgIpc) is 2.68. The second-order valence-corrected chi connectivity index (χ2v) is 10.3. The molecule has 0 radical (unpaired) electrons. The lowest BCUT2D eigenvalue weighted by molar-refractivity contribution is -0.902. The molecule has 1 fully saturated rings. The summed E-state index contributed by atoms with van der Waals surface area (Å²) >= 11 is 0. The summed E-state index contributed by atoms with van der Waals surface area (Å²) in [6.07, 6.45) is 0. The molecule has 0 bridgehead atoms. The van der Waals surface area contributed by atoms with Crippen LogP contribution in [0.3, 0.4) is 0 Å². The van der Waals surface area contributed by atoms with Crippen molar-refractivity contribution in [3.63, 3.8) is 0 Å². The van der Waals surface area contributed by atoms with Gasteiger partial charge >= 0.3 is 0 Å². The number of nitrogens with zero attached hydrogens (tertiary/aromatic N) is 1. The molecule has 1 heterocycles. The zero-order chi connectivity index (χ0) is 21.1. The summed E-state index contributed by atoms with van der Waals surface area (Å²) in [6.45, 7) is 1.82. The lowest BCUT2D eigenvalue weighted by atomic mass is 10.3. The van der Waals surface area contributed by atoms with E-state index in [0.29, 0.717) is 19.6 Å². The normalized spacial score (nSPS) is 16.8. The van der Waals surface area contributed by atoms with Gasteiger partial charge in [-0.25, -0.2) is 30.3 Å². The summed E-state index contributed by atoms with van der Waals surface area (Å²) in [4.78, 5) is 0.248. The SMILES string of the molecule is O=S(=O)(NCC[NH+]1CCN(S(=O)(=O)c2ccccc2F)CC1)c1ccccc1F. The van der Waals surface area contributed by atoms with Gasteiger partial charge in [-0.15, -0.1) is 0 Å². The van der Waals surface area contributed by atoms with Crippen molar-refractivity contribution >= 4 is 20.0 Å². The second-order valence-electron chi connectivity index (χ2n) is 6.66. The minimum Gasteiger partial charge on any atom is -0.332 e. The maximum atomic E-state index is 13.9. The fourth-order valence-electron chi connectivity index (χ4n) is 3.19. The molecule has 2 aromatic rings. The maximum Gasteiger partial charge on any atom is 0.246 e. The Bertz CT molecular complexity index is 1070. The van der Waals surface area contributed by atoms with Crippen molar-refractivity contribution in [1.82, 2.24) is 9.03 Å². The molecule has 0 aromatic heterocycles. The van der Waals surface area contributed by atoms with Crippen LogP contribution in [-0.2, 0) is 20.0 Å². The molecular formula is C18H22F2N3O4S2+. The number of halogens is 2. The molecule has 11 heteroatoms. The van der Waals surface area contributed by atoms with Crippen LogP contribution in [0.1, 0.15) is 0 Å². The summed E-state index contributed by atoms with van der Waals surface area (Å²) in [5, 5.41) is 0. The molecule has 0 amide bonds. The first-order valence-electron chi connectivity index (χ1n) is 9.04. The van der Waals surface area contributed by atoms with Gasteiger partial charge in [-0.1, -0.05) is 24.3 Å². The highest BCUT2D eigenvalue weighted by Crippen LogP contribution is 2.18. The smallest absolute Gasteiger partial charge is 0.246 e. The van der Waals surface area contributed by atoms with Crippen molar-refractivity contribution in [1.29, 1.82) is 0 Å². The Morgan fingerprint density at radius 2 is 1.38 bits per heavy atom. The largest absolute Gasteiger partial charge is 0.332 e. The van der Waals surface area contributed by atoms with E-state index in [2.05, 4.69) is 4.72 Å². The summed E-state index contributed by atoms with van der Waals surface area (Å²) in [5.74, 6) is -1.61. The summed E-state index contributed by atoms with van der Waals surface area (Å²) in [5.41, 5.74) is 0. The third-order valence-corrected chi connectivity index (χ3v) is 8.21. The molecule has 0 saturated carbocycles. The molecule has 2 N–H and O–H groups in total. The summed E-state index contributed by atoms with van der Waals surface area (Å²) in [6, 6.07) is 10.4. The number of hydrogen-bond acceptors (Lipinski definition) is 4. The fourth-order valence-corrected chi connectivity index (χ4v) is 5.80. The van der Waals surface area contributed by atoms with Gasteiger partial charge in [0, 0.05) is 0 Å². The Morgan fingerprint density at radius 3 is 1.93 bits per heavy atom. The second kappa shape index (κ2) is 8.84. The molecule has 1 aliphatic rings. The molecule has 0 unspecified atom stereocenters. The highest BCUT2D eigenvalue weighted by molar-refractivity contribution is 7.89. The topological polar surface area (TPSA) is 88.0 Å². The molecule has 29 heavy (non-hydrogen) atoms. The molecule has 7 nitrogen and oxygen atoms in total. The first-order chi connectivity index (χ1) is 13.7. The van der Waals surface area contributed by atoms with Crippen LogP contribution in [0.15, 0.2) is 58.3 Å². The highest BCUT2D eigenvalue weighted by atomic mass is 32.2. The Kier molecular flexibility index (Phi) is 6.64. The Hall–Kier alpha value is -1.92. The van der Waals surface area contributed by atoms with Crippen molar-refractivity contribution in [2.45, 2.75) is 9.79 Å². The van der Waals surface area contributed by atoms with Gasteiger partial charge < -0.3 is 4.90 Å². The molecular weight excluding hydrogens is 424 g/mol. The van der Waals surface area contributed by atoms with Gasteiger partial charge in [0.25, 0.3) is 0 Å². The number of sulfonamides is 2. The molecule has 0 atom stereocenters. The lowest BCUT2D eigenvalue weighted by Crippen LogP contribution is -3.15. The van der Waals surface area contributed by atoms with Crippen LogP contribution < -0.4 is 9.62 Å². The van der Waals surface area contributed by atoms with Crippen LogP contribution in [0.2, 0.25) is 0 Å². The van der Waals surface area contributed by atoms with Crippen molar-refractivity contribution in [2.75, 3.05) is 39.3 Å². The fraction of sp³-hybridized carbons (Fsp3) is 0.333. The molecule has 0 spiro atoms. The van der Waals surface area contributed by atoms with Crippen LogP contribution in [0, 0.1) is 11.6 Å². The van der Waals surface area contributed by atoms with Crippen LogP contribution in [0.5, 0.6) is 0 Å². The van der Waals surface area contributed by atoms with Crippen molar-refractivity contribution in [2.24, 2.45) is 0 Å². The zero-order valence-corrected chi connectivity index (χ0v) is 17.1. The predicted octanol–water partition coefficient (Wildman–Crippen LogP) is -0.167. The number of nitrogens with one attached hydrogen (secondary N) is 2. The van der Waals surface area contributed by atoms with Crippen LogP contribution in [0.4, 0.5) is 8.78 Å². The number of rotatable bonds is 7. The minimum atomic E-state index is -3.95. The van der Waals surface area contributed by atoms with Gasteiger partial charge in [-0.05, 0) is 24.3 Å². The molecule has 0 aliphatic carbocycles. The predicted molar refractivity (Wildman–Crippen MR) is 102 cm³/mol. The van der Waals surface area contributed by atoms with Crippen LogP contribution in [-0.4, -0.2) is 60.4 Å². The van der Waals surface area contributed by atoms with E-state index in [0.717, 1.165) is 17.0 Å². The van der Waals surface area contributed by atoms with E-state index in [4.69, 9.17) is 0 Å². The van der Waals surface area contributed by atoms with E-state index in [1.165, 1.54) is 40.7 Å². The molecule has 1 saturated heterocycles. The van der Waals surface area contributed by atoms with E-state index < -0.39 is 36.6 Å². The maximum absolute atomic E-state index is 13.9. The average molecular weight is 447 g/mol. The monoisotopic (exact) mass is 446 g/mol. The molecule has 1 aliphatic heterocycles. The van der Waals surface area contributed by atoms with Gasteiger partial charge in [0.05, 0.1) is 39.3 Å². The number of quaternary nitrogens is 1. The molecule has 158 valence electrons. The Balaban J connectivity index is 1.53. The zero-order valence-electron chi connectivity index (χ0n) is 15.5. The standard InChI is InChI=1S/C18H21F2N3O4S2/c19-15-5-1-3-7-17(15)28(24,25)21-9-10-22-11-13-23(14-12-22)29(26,27)18-8-4-2-6-16(18)20/h1-8,21H,9-14H2/p+1. The molecule has 3 rings (SSSR count). The van der Waals surface area contributed by atoms with E-state index in [9.17, 15) is 25.6 Å². The first-order valence-corrected chi connectivity index (χ1v) is 12.0. The van der Waals surface area contributed by atoms with Gasteiger partial charge in [0.2, 0.25) is 20.0 Å². The van der Waals surface area contributed by atoms with Gasteiger partial charge in [-0.3, -0.25) is 0 Å². The quantitative estimate of drug-likeness (QED) is 0.619.